The Morgan fingerprint density at radius 3 is 2.71 bits per heavy atom. The van der Waals surface area contributed by atoms with Crippen LogP contribution in [0.2, 0.25) is 0 Å². The highest BCUT2D eigenvalue weighted by molar-refractivity contribution is 5.60. The fourth-order valence-corrected chi connectivity index (χ4v) is 1.37. The lowest BCUT2D eigenvalue weighted by Gasteiger charge is -2.27. The molecule has 78 valence electrons. The molecule has 0 aliphatic rings. The molecule has 1 rings (SSSR count). The zero-order valence-corrected chi connectivity index (χ0v) is 8.99. The Balaban J connectivity index is 2.99. The number of likely N-dealkylation sites (N-methyl/N-ethyl adjacent to an activating group) is 1. The maximum atomic E-state index is 9.05. The van der Waals surface area contributed by atoms with Crippen LogP contribution in [0.15, 0.2) is 18.2 Å². The fourth-order valence-electron chi connectivity index (χ4n) is 1.37. The van der Waals surface area contributed by atoms with E-state index in [0.29, 0.717) is 0 Å². The lowest BCUT2D eigenvalue weighted by molar-refractivity contribution is 0.270. The van der Waals surface area contributed by atoms with Crippen molar-refractivity contribution in [2.75, 3.05) is 24.3 Å². The van der Waals surface area contributed by atoms with E-state index >= 15 is 0 Å². The monoisotopic (exact) mass is 194 g/mol. The van der Waals surface area contributed by atoms with Crippen LogP contribution in [0.25, 0.3) is 0 Å². The molecule has 0 radical (unpaired) electrons. The fraction of sp³-hybridized carbons (Fsp3) is 0.455. The van der Waals surface area contributed by atoms with E-state index < -0.39 is 0 Å². The minimum absolute atomic E-state index is 0.107. The van der Waals surface area contributed by atoms with Gasteiger partial charge in [-0.3, -0.25) is 0 Å². The first-order valence-corrected chi connectivity index (χ1v) is 4.76. The third-order valence-electron chi connectivity index (χ3n) is 2.54. The molecule has 0 aromatic heterocycles. The third kappa shape index (κ3) is 2.17. The minimum atomic E-state index is 0.107. The van der Waals surface area contributed by atoms with Crippen molar-refractivity contribution in [3.8, 4) is 0 Å². The number of hydrogen-bond donors (Lipinski definition) is 2. The van der Waals surface area contributed by atoms with Gasteiger partial charge in [0.15, 0.2) is 0 Å². The Labute approximate surface area is 85.2 Å². The molecule has 0 fully saturated rings. The summed E-state index contributed by atoms with van der Waals surface area (Å²) in [5, 5.41) is 9.05. The van der Waals surface area contributed by atoms with Gasteiger partial charge in [-0.1, -0.05) is 6.07 Å². The molecule has 3 N–H and O–H groups in total. The average Bonchev–Trinajstić information content (AvgIpc) is 2.19. The molecule has 0 aliphatic heterocycles. The van der Waals surface area contributed by atoms with Crippen LogP contribution in [0.4, 0.5) is 11.4 Å². The highest BCUT2D eigenvalue weighted by Crippen LogP contribution is 2.23. The first-order valence-electron chi connectivity index (χ1n) is 4.76. The number of nitrogen functional groups attached to an aromatic ring is 1. The lowest BCUT2D eigenvalue weighted by Crippen LogP contribution is -2.32. The molecule has 3 nitrogen and oxygen atoms in total. The Kier molecular flexibility index (Phi) is 3.36. The van der Waals surface area contributed by atoms with Gasteiger partial charge in [0.05, 0.1) is 6.61 Å². The number of aryl methyl sites for hydroxylation is 1. The third-order valence-corrected chi connectivity index (χ3v) is 2.54. The lowest BCUT2D eigenvalue weighted by atomic mass is 10.1. The molecule has 0 spiro atoms. The van der Waals surface area contributed by atoms with Crippen LogP contribution in [0.1, 0.15) is 12.5 Å². The normalized spacial score (nSPS) is 12.6. The summed E-state index contributed by atoms with van der Waals surface area (Å²) in [5.41, 5.74) is 8.71. The van der Waals surface area contributed by atoms with E-state index in [4.69, 9.17) is 10.8 Å². The topological polar surface area (TPSA) is 49.5 Å². The van der Waals surface area contributed by atoms with Crippen molar-refractivity contribution in [1.82, 2.24) is 0 Å². The van der Waals surface area contributed by atoms with Crippen molar-refractivity contribution < 1.29 is 5.11 Å². The Morgan fingerprint density at radius 2 is 2.14 bits per heavy atom. The molecule has 0 heterocycles. The second-order valence-electron chi connectivity index (χ2n) is 3.69. The van der Waals surface area contributed by atoms with Crippen molar-refractivity contribution in [3.63, 3.8) is 0 Å². The number of aliphatic hydroxyl groups is 1. The summed E-state index contributed by atoms with van der Waals surface area (Å²) in [4.78, 5) is 2.03. The van der Waals surface area contributed by atoms with Crippen LogP contribution in [-0.2, 0) is 0 Å². The Morgan fingerprint density at radius 1 is 1.50 bits per heavy atom. The molecule has 0 saturated carbocycles. The van der Waals surface area contributed by atoms with Gasteiger partial charge in [-0.25, -0.2) is 0 Å². The van der Waals surface area contributed by atoms with Gasteiger partial charge in [-0.2, -0.15) is 0 Å². The first-order chi connectivity index (χ1) is 6.56. The summed E-state index contributed by atoms with van der Waals surface area (Å²) in [6, 6.07) is 5.92. The summed E-state index contributed by atoms with van der Waals surface area (Å²) in [6.07, 6.45) is 0. The van der Waals surface area contributed by atoms with E-state index in [1.807, 2.05) is 44.0 Å². The van der Waals surface area contributed by atoms with Crippen molar-refractivity contribution in [2.24, 2.45) is 0 Å². The zero-order chi connectivity index (χ0) is 10.7. The molecule has 1 aromatic carbocycles. The van der Waals surface area contributed by atoms with Crippen molar-refractivity contribution >= 4 is 11.4 Å². The van der Waals surface area contributed by atoms with E-state index in [0.717, 1.165) is 11.4 Å². The van der Waals surface area contributed by atoms with E-state index in [-0.39, 0.29) is 12.6 Å². The van der Waals surface area contributed by atoms with E-state index in [2.05, 4.69) is 0 Å². The van der Waals surface area contributed by atoms with Crippen LogP contribution in [0.5, 0.6) is 0 Å². The average molecular weight is 194 g/mol. The molecule has 3 heteroatoms. The Hall–Kier alpha value is -1.22. The highest BCUT2D eigenvalue weighted by Gasteiger charge is 2.10. The predicted molar refractivity (Wildman–Crippen MR) is 60.5 cm³/mol. The van der Waals surface area contributed by atoms with Gasteiger partial charge in [-0.15, -0.1) is 0 Å². The number of aliphatic hydroxyl groups excluding tert-OH is 1. The number of nitrogens with two attached hydrogens (primary N) is 1. The molecule has 0 amide bonds. The summed E-state index contributed by atoms with van der Waals surface area (Å²) in [6.45, 7) is 4.16. The molecule has 0 saturated heterocycles. The predicted octanol–water partition coefficient (Wildman–Crippen LogP) is 1.39. The number of rotatable bonds is 3. The van der Waals surface area contributed by atoms with Crippen LogP contribution in [-0.4, -0.2) is 24.8 Å². The van der Waals surface area contributed by atoms with Gasteiger partial charge in [0, 0.05) is 24.5 Å². The number of hydrogen-bond acceptors (Lipinski definition) is 3. The molecular weight excluding hydrogens is 176 g/mol. The summed E-state index contributed by atoms with van der Waals surface area (Å²) in [7, 11) is 1.96. The maximum Gasteiger partial charge on any atom is 0.0632 e. The second kappa shape index (κ2) is 4.33. The van der Waals surface area contributed by atoms with Gasteiger partial charge in [0.2, 0.25) is 0 Å². The molecule has 0 aliphatic carbocycles. The largest absolute Gasteiger partial charge is 0.399 e. The molecule has 1 atom stereocenters. The Bertz CT molecular complexity index is 312. The molecular formula is C11H18N2O. The number of nitrogens with zero attached hydrogens (tertiary/aromatic N) is 1. The molecule has 0 bridgehead atoms. The van der Waals surface area contributed by atoms with Crippen molar-refractivity contribution in [1.29, 1.82) is 0 Å². The molecule has 14 heavy (non-hydrogen) atoms. The van der Waals surface area contributed by atoms with Crippen molar-refractivity contribution in [2.45, 2.75) is 19.9 Å². The summed E-state index contributed by atoms with van der Waals surface area (Å²) < 4.78 is 0. The van der Waals surface area contributed by atoms with Gasteiger partial charge in [-0.05, 0) is 31.5 Å². The number of benzene rings is 1. The zero-order valence-electron chi connectivity index (χ0n) is 8.99. The van der Waals surface area contributed by atoms with Crippen molar-refractivity contribution in [3.05, 3.63) is 23.8 Å². The minimum Gasteiger partial charge on any atom is -0.399 e. The SMILES string of the molecule is Cc1ccc(N)cc1N(C)C(C)CO. The van der Waals surface area contributed by atoms with Gasteiger partial charge in [0.25, 0.3) is 0 Å². The van der Waals surface area contributed by atoms with Gasteiger partial charge in [0.1, 0.15) is 0 Å². The van der Waals surface area contributed by atoms with Crippen LogP contribution in [0, 0.1) is 6.92 Å². The van der Waals surface area contributed by atoms with Crippen LogP contribution in [0.3, 0.4) is 0 Å². The summed E-state index contributed by atoms with van der Waals surface area (Å²) in [5.74, 6) is 0. The van der Waals surface area contributed by atoms with E-state index in [1.165, 1.54) is 5.56 Å². The molecule has 1 aromatic rings. The summed E-state index contributed by atoms with van der Waals surface area (Å²) >= 11 is 0. The van der Waals surface area contributed by atoms with Gasteiger partial charge < -0.3 is 15.7 Å². The molecule has 1 unspecified atom stereocenters. The van der Waals surface area contributed by atoms with Crippen LogP contribution >= 0.6 is 0 Å². The number of anilines is 2. The van der Waals surface area contributed by atoms with E-state index in [1.54, 1.807) is 0 Å². The van der Waals surface area contributed by atoms with Crippen LogP contribution < -0.4 is 10.6 Å². The maximum absolute atomic E-state index is 9.05. The standard InChI is InChI=1S/C11H18N2O/c1-8-4-5-10(12)6-11(8)13(3)9(2)7-14/h4-6,9,14H,7,12H2,1-3H3. The second-order valence-corrected chi connectivity index (χ2v) is 3.69. The first kappa shape index (κ1) is 10.9. The van der Waals surface area contributed by atoms with Gasteiger partial charge >= 0.3 is 0 Å². The highest BCUT2D eigenvalue weighted by atomic mass is 16.3. The smallest absolute Gasteiger partial charge is 0.0632 e. The quantitative estimate of drug-likeness (QED) is 0.715. The van der Waals surface area contributed by atoms with E-state index in [9.17, 15) is 0 Å².